The molecule has 0 fully saturated rings. The summed E-state index contributed by atoms with van der Waals surface area (Å²) < 4.78 is 14.9. The zero-order valence-electron chi connectivity index (χ0n) is 11.1. The Labute approximate surface area is 119 Å². The summed E-state index contributed by atoms with van der Waals surface area (Å²) >= 11 is 0. The van der Waals surface area contributed by atoms with E-state index in [2.05, 4.69) is 9.62 Å². The maximum absolute atomic E-state index is 11.6. The minimum absolute atomic E-state index is 0.141. The molecule has 1 aromatic carbocycles. The van der Waals surface area contributed by atoms with Crippen LogP contribution in [0, 0.1) is 0 Å². The molecule has 0 amide bonds. The normalized spacial score (nSPS) is 12.9. The Morgan fingerprint density at radius 1 is 1.38 bits per heavy atom. The Morgan fingerprint density at radius 2 is 2.19 bits per heavy atom. The van der Waals surface area contributed by atoms with Gasteiger partial charge in [0.15, 0.2) is 18.1 Å². The molecule has 0 saturated carbocycles. The van der Waals surface area contributed by atoms with Gasteiger partial charge < -0.3 is 19.0 Å². The molecule has 8 heteroatoms. The average Bonchev–Trinajstić information content (AvgIpc) is 2.50. The molecule has 0 N–H and O–H groups in total. The van der Waals surface area contributed by atoms with E-state index in [9.17, 15) is 14.4 Å². The smallest absolute Gasteiger partial charge is 0.349 e. The third kappa shape index (κ3) is 3.56. The van der Waals surface area contributed by atoms with Crippen molar-refractivity contribution in [2.24, 2.45) is 0 Å². The van der Waals surface area contributed by atoms with Gasteiger partial charge in [-0.3, -0.25) is 0 Å². The van der Waals surface area contributed by atoms with Crippen LogP contribution in [0.25, 0.3) is 0 Å². The first-order valence-corrected chi connectivity index (χ1v) is 5.92. The molecule has 0 aliphatic carbocycles. The molecule has 0 radical (unpaired) electrons. The molecule has 0 saturated heterocycles. The number of hydrogen-bond acceptors (Lipinski definition) is 8. The van der Waals surface area contributed by atoms with Gasteiger partial charge in [-0.05, 0) is 12.1 Å². The summed E-state index contributed by atoms with van der Waals surface area (Å²) in [5, 5.41) is 0. The molecule has 1 aliphatic rings. The molecule has 1 aliphatic heterocycles. The number of ether oxygens (including phenoxy) is 3. The topological polar surface area (TPSA) is 97.4 Å². The van der Waals surface area contributed by atoms with Gasteiger partial charge in [0.25, 0.3) is 0 Å². The summed E-state index contributed by atoms with van der Waals surface area (Å²) in [6, 6.07) is 2.83. The van der Waals surface area contributed by atoms with Crippen LogP contribution < -0.4 is 9.47 Å². The molecular weight excluding hydrogens is 284 g/mol. The van der Waals surface area contributed by atoms with Gasteiger partial charge >= 0.3 is 11.9 Å². The number of carbonyl (C=O) groups excluding carboxylic acids is 3. The van der Waals surface area contributed by atoms with Crippen LogP contribution in [-0.2, 0) is 30.7 Å². The zero-order valence-corrected chi connectivity index (χ0v) is 11.1. The van der Waals surface area contributed by atoms with E-state index < -0.39 is 11.9 Å². The van der Waals surface area contributed by atoms with Gasteiger partial charge in [0.2, 0.25) is 0 Å². The second-order valence-corrected chi connectivity index (χ2v) is 3.93. The van der Waals surface area contributed by atoms with Crippen LogP contribution in [0.4, 0.5) is 0 Å². The number of methoxy groups -OCH3 is 1. The lowest BCUT2D eigenvalue weighted by Crippen LogP contribution is -2.24. The van der Waals surface area contributed by atoms with Crippen LogP contribution in [-0.4, -0.2) is 38.5 Å². The second-order valence-electron chi connectivity index (χ2n) is 3.93. The summed E-state index contributed by atoms with van der Waals surface area (Å²) in [6.07, 6.45) is 0.517. The lowest BCUT2D eigenvalue weighted by molar-refractivity contribution is -0.296. The minimum atomic E-state index is -0.576. The molecule has 112 valence electrons. The molecule has 0 bridgehead atoms. The molecule has 0 spiro atoms. The maximum atomic E-state index is 11.6. The van der Waals surface area contributed by atoms with Gasteiger partial charge in [-0.15, -0.1) is 0 Å². The van der Waals surface area contributed by atoms with Crippen molar-refractivity contribution in [3.05, 3.63) is 23.3 Å². The molecule has 2 rings (SSSR count). The van der Waals surface area contributed by atoms with Crippen molar-refractivity contribution in [1.29, 1.82) is 0 Å². The largest absolute Gasteiger partial charge is 0.478 e. The van der Waals surface area contributed by atoms with Gasteiger partial charge in [-0.2, -0.15) is 0 Å². The van der Waals surface area contributed by atoms with Crippen molar-refractivity contribution in [2.45, 2.75) is 6.61 Å². The standard InChI is InChI=1S/C13H12O8/c1-17-13(16)8-4-9(6-20-19-3-2-14)12-10(5-8)18-7-11(15)21-12/h2,4-5H,3,6-7H2,1H3. The van der Waals surface area contributed by atoms with E-state index in [-0.39, 0.29) is 36.9 Å². The highest BCUT2D eigenvalue weighted by molar-refractivity contribution is 5.91. The van der Waals surface area contributed by atoms with Gasteiger partial charge in [-0.25, -0.2) is 19.4 Å². The number of fused-ring (bicyclic) bond motifs is 1. The van der Waals surface area contributed by atoms with Crippen LogP contribution in [0.1, 0.15) is 15.9 Å². The van der Waals surface area contributed by atoms with Crippen LogP contribution in [0.5, 0.6) is 11.5 Å². The third-order valence-electron chi connectivity index (χ3n) is 2.55. The summed E-state index contributed by atoms with van der Waals surface area (Å²) in [4.78, 5) is 42.3. The SMILES string of the molecule is COC(=O)c1cc(COOCC=O)c2c(c1)OCC(=O)O2. The first-order chi connectivity index (χ1) is 10.2. The number of carbonyl (C=O) groups is 3. The Hall–Kier alpha value is -2.45. The molecule has 21 heavy (non-hydrogen) atoms. The fourth-order valence-electron chi connectivity index (χ4n) is 1.69. The summed E-state index contributed by atoms with van der Waals surface area (Å²) in [7, 11) is 1.24. The summed E-state index contributed by atoms with van der Waals surface area (Å²) in [6.45, 7) is -0.633. The highest BCUT2D eigenvalue weighted by atomic mass is 17.2. The van der Waals surface area contributed by atoms with Gasteiger partial charge in [0, 0.05) is 5.56 Å². The zero-order chi connectivity index (χ0) is 15.2. The van der Waals surface area contributed by atoms with E-state index in [0.717, 1.165) is 0 Å². The van der Waals surface area contributed by atoms with Gasteiger partial charge in [0.05, 0.1) is 12.7 Å². The lowest BCUT2D eigenvalue weighted by atomic mass is 10.1. The monoisotopic (exact) mass is 296 g/mol. The van der Waals surface area contributed by atoms with Crippen LogP contribution >= 0.6 is 0 Å². The lowest BCUT2D eigenvalue weighted by Gasteiger charge is -2.20. The van der Waals surface area contributed by atoms with E-state index in [4.69, 9.17) is 14.4 Å². The molecule has 0 atom stereocenters. The van der Waals surface area contributed by atoms with Crippen molar-refractivity contribution < 1.29 is 38.4 Å². The number of rotatable bonds is 6. The molecular formula is C13H12O8. The van der Waals surface area contributed by atoms with Gasteiger partial charge in [-0.1, -0.05) is 0 Å². The fraction of sp³-hybridized carbons (Fsp3) is 0.308. The van der Waals surface area contributed by atoms with Crippen molar-refractivity contribution in [1.82, 2.24) is 0 Å². The fourth-order valence-corrected chi connectivity index (χ4v) is 1.69. The van der Waals surface area contributed by atoms with E-state index in [1.54, 1.807) is 0 Å². The maximum Gasteiger partial charge on any atom is 0.349 e. The highest BCUT2D eigenvalue weighted by Crippen LogP contribution is 2.36. The van der Waals surface area contributed by atoms with Crippen molar-refractivity contribution in [3.63, 3.8) is 0 Å². The molecule has 1 aromatic rings. The Morgan fingerprint density at radius 3 is 2.90 bits per heavy atom. The average molecular weight is 296 g/mol. The van der Waals surface area contributed by atoms with Crippen LogP contribution in [0.3, 0.4) is 0 Å². The van der Waals surface area contributed by atoms with E-state index in [0.29, 0.717) is 11.8 Å². The van der Waals surface area contributed by atoms with E-state index >= 15 is 0 Å². The minimum Gasteiger partial charge on any atom is -0.478 e. The quantitative estimate of drug-likeness (QED) is 0.186. The number of benzene rings is 1. The predicted molar refractivity (Wildman–Crippen MR) is 65.7 cm³/mol. The molecule has 0 aromatic heterocycles. The number of aldehydes is 1. The number of esters is 2. The second kappa shape index (κ2) is 6.82. The predicted octanol–water partition coefficient (Wildman–Crippen LogP) is 0.418. The van der Waals surface area contributed by atoms with E-state index in [1.807, 2.05) is 0 Å². The third-order valence-corrected chi connectivity index (χ3v) is 2.55. The summed E-state index contributed by atoms with van der Waals surface area (Å²) in [5.41, 5.74) is 0.565. The molecule has 0 unspecified atom stereocenters. The van der Waals surface area contributed by atoms with Crippen molar-refractivity contribution >= 4 is 18.2 Å². The van der Waals surface area contributed by atoms with E-state index in [1.165, 1.54) is 19.2 Å². The Balaban J connectivity index is 2.27. The molecule has 1 heterocycles. The van der Waals surface area contributed by atoms with Crippen molar-refractivity contribution in [2.75, 3.05) is 20.3 Å². The first kappa shape index (κ1) is 14.9. The highest BCUT2D eigenvalue weighted by Gasteiger charge is 2.24. The van der Waals surface area contributed by atoms with Crippen molar-refractivity contribution in [3.8, 4) is 11.5 Å². The number of hydrogen-bond donors (Lipinski definition) is 0. The van der Waals surface area contributed by atoms with Gasteiger partial charge in [0.1, 0.15) is 19.5 Å². The summed E-state index contributed by atoms with van der Waals surface area (Å²) in [5.74, 6) is -0.767. The Kier molecular flexibility index (Phi) is 4.85. The molecule has 8 nitrogen and oxygen atoms in total. The first-order valence-electron chi connectivity index (χ1n) is 5.92. The van der Waals surface area contributed by atoms with Crippen LogP contribution in [0.15, 0.2) is 12.1 Å². The van der Waals surface area contributed by atoms with Crippen LogP contribution in [0.2, 0.25) is 0 Å². The Bertz CT molecular complexity index is 566.